The van der Waals surface area contributed by atoms with Gasteiger partial charge in [0.05, 0.1) is 23.0 Å². The quantitative estimate of drug-likeness (QED) is 0.382. The molecule has 1 aromatic heterocycles. The number of carbonyl (C=O) groups is 1. The van der Waals surface area contributed by atoms with Crippen molar-refractivity contribution in [2.45, 2.75) is 0 Å². The molecule has 136 valence electrons. The Labute approximate surface area is 167 Å². The van der Waals surface area contributed by atoms with Crippen LogP contribution in [0.25, 0.3) is 22.2 Å². The van der Waals surface area contributed by atoms with E-state index >= 15 is 0 Å². The van der Waals surface area contributed by atoms with Crippen molar-refractivity contribution >= 4 is 34.6 Å². The standard InChI is InChI=1S/C23H16ClN3O/c24-18-12-10-16(11-13-18)15-25-27-23(28)20-14-22(17-6-2-1-3-7-17)26-21-9-5-4-8-19(20)21/h1-15H,(H,27,28)/b25-15-. The van der Waals surface area contributed by atoms with Gasteiger partial charge in [-0.25, -0.2) is 10.4 Å². The molecule has 0 unspecified atom stereocenters. The molecule has 3 aromatic carbocycles. The number of hydrazone groups is 1. The molecular formula is C23H16ClN3O. The summed E-state index contributed by atoms with van der Waals surface area (Å²) in [5.74, 6) is -0.291. The van der Waals surface area contributed by atoms with Crippen LogP contribution in [0.15, 0.2) is 90.0 Å². The Balaban J connectivity index is 1.66. The molecular weight excluding hydrogens is 370 g/mol. The lowest BCUT2D eigenvalue weighted by Crippen LogP contribution is -2.18. The van der Waals surface area contributed by atoms with Crippen LogP contribution < -0.4 is 5.43 Å². The number of rotatable bonds is 4. The van der Waals surface area contributed by atoms with Gasteiger partial charge >= 0.3 is 0 Å². The van der Waals surface area contributed by atoms with Gasteiger partial charge in [-0.05, 0) is 29.8 Å². The number of para-hydroxylation sites is 1. The molecule has 4 rings (SSSR count). The highest BCUT2D eigenvalue weighted by molar-refractivity contribution is 6.30. The van der Waals surface area contributed by atoms with E-state index in [1.807, 2.05) is 66.7 Å². The summed E-state index contributed by atoms with van der Waals surface area (Å²) in [6.45, 7) is 0. The number of nitrogens with zero attached hydrogens (tertiary/aromatic N) is 2. The van der Waals surface area contributed by atoms with Crippen LogP contribution in [0.3, 0.4) is 0 Å². The highest BCUT2D eigenvalue weighted by Gasteiger charge is 2.13. The van der Waals surface area contributed by atoms with Crippen LogP contribution in [-0.2, 0) is 0 Å². The van der Waals surface area contributed by atoms with Crippen LogP contribution >= 0.6 is 11.6 Å². The SMILES string of the molecule is O=C(N/N=C\c1ccc(Cl)cc1)c1cc(-c2ccccc2)nc2ccccc12. The number of benzene rings is 3. The van der Waals surface area contributed by atoms with E-state index in [9.17, 15) is 4.79 Å². The number of nitrogens with one attached hydrogen (secondary N) is 1. The van der Waals surface area contributed by atoms with Crippen LogP contribution in [-0.4, -0.2) is 17.1 Å². The first-order valence-electron chi connectivity index (χ1n) is 8.75. The smallest absolute Gasteiger partial charge is 0.267 e. The van der Waals surface area contributed by atoms with Crippen molar-refractivity contribution in [2.24, 2.45) is 5.10 Å². The highest BCUT2D eigenvalue weighted by atomic mass is 35.5. The van der Waals surface area contributed by atoms with Gasteiger partial charge in [0, 0.05) is 16.0 Å². The van der Waals surface area contributed by atoms with Gasteiger partial charge in [0.15, 0.2) is 0 Å². The van der Waals surface area contributed by atoms with Crippen LogP contribution in [0.2, 0.25) is 5.02 Å². The fraction of sp³-hybridized carbons (Fsp3) is 0. The van der Waals surface area contributed by atoms with Crippen molar-refractivity contribution < 1.29 is 4.79 Å². The van der Waals surface area contributed by atoms with Gasteiger partial charge in [-0.1, -0.05) is 72.3 Å². The van der Waals surface area contributed by atoms with Crippen LogP contribution in [0, 0.1) is 0 Å². The van der Waals surface area contributed by atoms with E-state index < -0.39 is 0 Å². The van der Waals surface area contributed by atoms with Crippen molar-refractivity contribution in [3.05, 3.63) is 101 Å². The van der Waals surface area contributed by atoms with E-state index in [0.717, 1.165) is 27.7 Å². The molecule has 28 heavy (non-hydrogen) atoms. The zero-order valence-corrected chi connectivity index (χ0v) is 15.6. The van der Waals surface area contributed by atoms with Crippen LogP contribution in [0.4, 0.5) is 0 Å². The van der Waals surface area contributed by atoms with Gasteiger partial charge in [0.25, 0.3) is 5.91 Å². The van der Waals surface area contributed by atoms with Crippen molar-refractivity contribution in [1.29, 1.82) is 0 Å². The van der Waals surface area contributed by atoms with Crippen molar-refractivity contribution in [2.75, 3.05) is 0 Å². The second-order valence-corrected chi connectivity index (χ2v) is 6.63. The summed E-state index contributed by atoms with van der Waals surface area (Å²) < 4.78 is 0. The Morgan fingerprint density at radius 1 is 0.929 bits per heavy atom. The van der Waals surface area contributed by atoms with Crippen molar-refractivity contribution in [3.63, 3.8) is 0 Å². The number of pyridine rings is 1. The molecule has 0 fully saturated rings. The third kappa shape index (κ3) is 3.92. The van der Waals surface area contributed by atoms with E-state index in [-0.39, 0.29) is 5.91 Å². The van der Waals surface area contributed by atoms with Crippen LogP contribution in [0.1, 0.15) is 15.9 Å². The molecule has 4 aromatic rings. The number of amides is 1. The average Bonchev–Trinajstić information content (AvgIpc) is 2.75. The maximum absolute atomic E-state index is 12.8. The molecule has 0 saturated heterocycles. The number of hydrogen-bond acceptors (Lipinski definition) is 3. The summed E-state index contributed by atoms with van der Waals surface area (Å²) in [4.78, 5) is 17.5. The molecule has 0 aliphatic rings. The highest BCUT2D eigenvalue weighted by Crippen LogP contribution is 2.24. The monoisotopic (exact) mass is 385 g/mol. The van der Waals surface area contributed by atoms with Gasteiger partial charge < -0.3 is 0 Å². The third-order valence-corrected chi connectivity index (χ3v) is 4.53. The second-order valence-electron chi connectivity index (χ2n) is 6.19. The molecule has 4 nitrogen and oxygen atoms in total. The molecule has 0 saturated carbocycles. The van der Waals surface area contributed by atoms with E-state index in [2.05, 4.69) is 10.5 Å². The fourth-order valence-corrected chi connectivity index (χ4v) is 3.02. The van der Waals surface area contributed by atoms with Gasteiger partial charge in [-0.15, -0.1) is 0 Å². The predicted molar refractivity (Wildman–Crippen MR) is 114 cm³/mol. The summed E-state index contributed by atoms with van der Waals surface area (Å²) in [5.41, 5.74) is 6.42. The number of fused-ring (bicyclic) bond motifs is 1. The molecule has 1 N–H and O–H groups in total. The molecule has 0 aliphatic carbocycles. The van der Waals surface area contributed by atoms with E-state index in [0.29, 0.717) is 10.6 Å². The number of aromatic nitrogens is 1. The minimum absolute atomic E-state index is 0.291. The first-order valence-corrected chi connectivity index (χ1v) is 9.13. The fourth-order valence-electron chi connectivity index (χ4n) is 2.89. The predicted octanol–water partition coefficient (Wildman–Crippen LogP) is 5.32. The van der Waals surface area contributed by atoms with Crippen molar-refractivity contribution in [3.8, 4) is 11.3 Å². The Kier molecular flexibility index (Phi) is 5.13. The minimum Gasteiger partial charge on any atom is -0.267 e. The zero-order valence-electron chi connectivity index (χ0n) is 14.8. The maximum atomic E-state index is 12.8. The lowest BCUT2D eigenvalue weighted by molar-refractivity contribution is 0.0957. The summed E-state index contributed by atoms with van der Waals surface area (Å²) >= 11 is 5.88. The Morgan fingerprint density at radius 3 is 2.43 bits per heavy atom. The van der Waals surface area contributed by atoms with Gasteiger partial charge in [-0.2, -0.15) is 5.10 Å². The van der Waals surface area contributed by atoms with E-state index in [1.165, 1.54) is 0 Å². The second kappa shape index (κ2) is 8.03. The molecule has 0 bridgehead atoms. The van der Waals surface area contributed by atoms with Gasteiger partial charge in [0.1, 0.15) is 0 Å². The van der Waals surface area contributed by atoms with Crippen LogP contribution in [0.5, 0.6) is 0 Å². The lowest BCUT2D eigenvalue weighted by atomic mass is 10.0. The van der Waals surface area contributed by atoms with E-state index in [4.69, 9.17) is 16.6 Å². The zero-order chi connectivity index (χ0) is 19.3. The largest absolute Gasteiger partial charge is 0.272 e. The summed E-state index contributed by atoms with van der Waals surface area (Å²) in [6, 6.07) is 26.4. The Bertz CT molecular complexity index is 1160. The van der Waals surface area contributed by atoms with Gasteiger partial charge in [0.2, 0.25) is 0 Å². The molecule has 0 atom stereocenters. The first kappa shape index (κ1) is 17.9. The first-order chi connectivity index (χ1) is 13.7. The summed E-state index contributed by atoms with van der Waals surface area (Å²) in [6.07, 6.45) is 1.58. The minimum atomic E-state index is -0.291. The maximum Gasteiger partial charge on any atom is 0.272 e. The normalized spacial score (nSPS) is 11.0. The Hall–Kier alpha value is -3.50. The number of hydrogen-bond donors (Lipinski definition) is 1. The average molecular weight is 386 g/mol. The van der Waals surface area contributed by atoms with Gasteiger partial charge in [-0.3, -0.25) is 4.79 Å². The molecule has 5 heteroatoms. The lowest BCUT2D eigenvalue weighted by Gasteiger charge is -2.09. The topological polar surface area (TPSA) is 54.4 Å². The summed E-state index contributed by atoms with van der Waals surface area (Å²) in [5, 5.41) is 5.50. The van der Waals surface area contributed by atoms with Crippen molar-refractivity contribution in [1.82, 2.24) is 10.4 Å². The molecule has 0 spiro atoms. The third-order valence-electron chi connectivity index (χ3n) is 4.28. The molecule has 0 radical (unpaired) electrons. The number of carbonyl (C=O) groups excluding carboxylic acids is 1. The summed E-state index contributed by atoms with van der Waals surface area (Å²) in [7, 11) is 0. The van der Waals surface area contributed by atoms with E-state index in [1.54, 1.807) is 24.4 Å². The molecule has 0 aliphatic heterocycles. The Morgan fingerprint density at radius 2 is 1.64 bits per heavy atom. The molecule has 1 heterocycles. The molecule has 1 amide bonds. The number of halogens is 1.